The Balaban J connectivity index is 2.86. The smallest absolute Gasteiger partial charge is 0.288 e. The second kappa shape index (κ2) is 11.9. The SMILES string of the molecule is C\C=C/C(=C\C(C)=C\CC)CS/C(=C\C)C(C)NC(=O)c1cc(C(C)(F)F)nn1C. The molecule has 166 valence electrons. The molecular weight excluding hydrogens is 404 g/mol. The van der Waals surface area contributed by atoms with Crippen molar-refractivity contribution >= 4 is 17.7 Å². The summed E-state index contributed by atoms with van der Waals surface area (Å²) in [5.41, 5.74) is 2.09. The van der Waals surface area contributed by atoms with Gasteiger partial charge in [0.1, 0.15) is 11.4 Å². The normalized spacial score (nSPS) is 15.0. The zero-order valence-corrected chi connectivity index (χ0v) is 19.7. The van der Waals surface area contributed by atoms with Crippen LogP contribution in [0.3, 0.4) is 0 Å². The first-order chi connectivity index (χ1) is 14.0. The van der Waals surface area contributed by atoms with Gasteiger partial charge in [-0.3, -0.25) is 9.48 Å². The van der Waals surface area contributed by atoms with Gasteiger partial charge in [0.05, 0.1) is 6.04 Å². The quantitative estimate of drug-likeness (QED) is 0.447. The molecule has 7 heteroatoms. The number of rotatable bonds is 10. The van der Waals surface area contributed by atoms with Crippen molar-refractivity contribution in [3.63, 3.8) is 0 Å². The van der Waals surface area contributed by atoms with E-state index in [2.05, 4.69) is 42.5 Å². The molecule has 0 saturated carbocycles. The molecule has 0 radical (unpaired) electrons. The van der Waals surface area contributed by atoms with Gasteiger partial charge in [-0.1, -0.05) is 42.9 Å². The number of amides is 1. The number of alkyl halides is 2. The maximum atomic E-state index is 13.5. The van der Waals surface area contributed by atoms with E-state index in [-0.39, 0.29) is 11.7 Å². The molecule has 4 nitrogen and oxygen atoms in total. The van der Waals surface area contributed by atoms with Crippen LogP contribution in [0.25, 0.3) is 0 Å². The molecule has 1 aromatic heterocycles. The largest absolute Gasteiger partial charge is 0.344 e. The number of halogens is 2. The molecule has 1 atom stereocenters. The third-order valence-corrected chi connectivity index (χ3v) is 5.75. The molecule has 0 aliphatic carbocycles. The van der Waals surface area contributed by atoms with E-state index in [9.17, 15) is 13.6 Å². The molecular formula is C23H33F2N3OS. The number of hydrogen-bond donors (Lipinski definition) is 1. The molecule has 1 N–H and O–H groups in total. The van der Waals surface area contributed by atoms with Crippen molar-refractivity contribution < 1.29 is 13.6 Å². The van der Waals surface area contributed by atoms with E-state index in [4.69, 9.17) is 0 Å². The minimum atomic E-state index is -3.09. The van der Waals surface area contributed by atoms with Crippen LogP contribution in [0.1, 0.15) is 64.1 Å². The van der Waals surface area contributed by atoms with E-state index >= 15 is 0 Å². The number of allylic oxidation sites excluding steroid dienone is 6. The monoisotopic (exact) mass is 437 g/mol. The van der Waals surface area contributed by atoms with Crippen molar-refractivity contribution in [2.45, 2.75) is 59.9 Å². The summed E-state index contributed by atoms with van der Waals surface area (Å²) in [6, 6.07) is 0.882. The Bertz CT molecular complexity index is 845. The number of thioether (sulfide) groups is 1. The Morgan fingerprint density at radius 2 is 2.07 bits per heavy atom. The highest BCUT2D eigenvalue weighted by Gasteiger charge is 2.30. The maximum Gasteiger partial charge on any atom is 0.288 e. The highest BCUT2D eigenvalue weighted by atomic mass is 32.2. The minimum absolute atomic E-state index is 0.105. The first-order valence-corrected chi connectivity index (χ1v) is 11.0. The van der Waals surface area contributed by atoms with Crippen molar-refractivity contribution in [2.75, 3.05) is 5.75 Å². The zero-order valence-electron chi connectivity index (χ0n) is 18.9. The number of hydrogen-bond acceptors (Lipinski definition) is 3. The summed E-state index contributed by atoms with van der Waals surface area (Å²) in [7, 11) is 1.49. The molecule has 1 unspecified atom stereocenters. The molecule has 1 rings (SSSR count). The van der Waals surface area contributed by atoms with Crippen LogP contribution in [-0.4, -0.2) is 27.5 Å². The lowest BCUT2D eigenvalue weighted by atomic mass is 10.1. The van der Waals surface area contributed by atoms with Crippen molar-refractivity contribution in [3.8, 4) is 0 Å². The second-order valence-corrected chi connectivity index (χ2v) is 8.23. The van der Waals surface area contributed by atoms with Gasteiger partial charge < -0.3 is 5.32 Å². The number of aromatic nitrogens is 2. The van der Waals surface area contributed by atoms with Crippen LogP contribution in [-0.2, 0) is 13.0 Å². The molecule has 0 fully saturated rings. The highest BCUT2D eigenvalue weighted by Crippen LogP contribution is 2.27. The summed E-state index contributed by atoms with van der Waals surface area (Å²) in [6.07, 6.45) is 11.4. The van der Waals surface area contributed by atoms with Crippen LogP contribution in [0, 0.1) is 0 Å². The lowest BCUT2D eigenvalue weighted by Crippen LogP contribution is -2.34. The van der Waals surface area contributed by atoms with Crippen LogP contribution in [0.2, 0.25) is 0 Å². The fourth-order valence-corrected chi connectivity index (χ4v) is 3.87. The third-order valence-electron chi connectivity index (χ3n) is 4.35. The van der Waals surface area contributed by atoms with Crippen LogP contribution >= 0.6 is 11.8 Å². The van der Waals surface area contributed by atoms with E-state index in [1.165, 1.54) is 22.9 Å². The molecule has 0 spiro atoms. The average Bonchev–Trinajstić information content (AvgIpc) is 3.04. The summed E-state index contributed by atoms with van der Waals surface area (Å²) in [4.78, 5) is 13.6. The molecule has 1 amide bonds. The standard InChI is InChI=1S/C23H33F2N3OS/c1-8-11-16(4)13-18(12-9-2)15-30-20(10-3)17(5)26-22(29)19-14-21(23(6,24)25)27-28(19)7/h9-14,17H,8,15H2,1-7H3,(H,26,29)/b12-9-,16-11+,18-13+,20-10-. The van der Waals surface area contributed by atoms with Crippen molar-refractivity contribution in [1.82, 2.24) is 15.1 Å². The fraction of sp³-hybridized carbons (Fsp3) is 0.478. The molecule has 0 saturated heterocycles. The highest BCUT2D eigenvalue weighted by molar-refractivity contribution is 8.03. The molecule has 0 aliphatic rings. The molecule has 1 heterocycles. The molecule has 0 aromatic carbocycles. The Hall–Kier alpha value is -2.15. The van der Waals surface area contributed by atoms with Gasteiger partial charge in [-0.15, -0.1) is 11.8 Å². The third kappa shape index (κ3) is 7.94. The van der Waals surface area contributed by atoms with E-state index in [1.807, 2.05) is 32.9 Å². The number of nitrogens with zero attached hydrogens (tertiary/aromatic N) is 2. The van der Waals surface area contributed by atoms with Crippen LogP contribution in [0.15, 0.2) is 52.5 Å². The van der Waals surface area contributed by atoms with Crippen LogP contribution in [0.4, 0.5) is 8.78 Å². The maximum absolute atomic E-state index is 13.5. The second-order valence-electron chi connectivity index (χ2n) is 7.18. The topological polar surface area (TPSA) is 46.9 Å². The van der Waals surface area contributed by atoms with E-state index in [1.54, 1.807) is 11.8 Å². The zero-order chi connectivity index (χ0) is 22.9. The molecule has 0 bridgehead atoms. The van der Waals surface area contributed by atoms with Gasteiger partial charge >= 0.3 is 0 Å². The van der Waals surface area contributed by atoms with Gasteiger partial charge in [0.2, 0.25) is 0 Å². The van der Waals surface area contributed by atoms with Crippen molar-refractivity contribution in [2.24, 2.45) is 7.05 Å². The summed E-state index contributed by atoms with van der Waals surface area (Å²) < 4.78 is 28.2. The van der Waals surface area contributed by atoms with Gasteiger partial charge in [-0.25, -0.2) is 0 Å². The number of carbonyl (C=O) groups excluding carboxylic acids is 1. The lowest BCUT2D eigenvalue weighted by Gasteiger charge is -2.17. The molecule has 1 aromatic rings. The predicted molar refractivity (Wildman–Crippen MR) is 123 cm³/mol. The van der Waals surface area contributed by atoms with Crippen molar-refractivity contribution in [1.29, 1.82) is 0 Å². The van der Waals surface area contributed by atoms with Gasteiger partial charge in [0.15, 0.2) is 0 Å². The van der Waals surface area contributed by atoms with Crippen LogP contribution < -0.4 is 5.32 Å². The average molecular weight is 438 g/mol. The Morgan fingerprint density at radius 3 is 2.57 bits per heavy atom. The summed E-state index contributed by atoms with van der Waals surface area (Å²) in [5, 5.41) is 6.65. The van der Waals surface area contributed by atoms with Gasteiger partial charge in [-0.05, 0) is 45.8 Å². The molecule has 0 aliphatic heterocycles. The number of carbonyl (C=O) groups is 1. The minimum Gasteiger partial charge on any atom is -0.344 e. The summed E-state index contributed by atoms with van der Waals surface area (Å²) >= 11 is 1.65. The molecule has 30 heavy (non-hydrogen) atoms. The van der Waals surface area contributed by atoms with E-state index in [0.29, 0.717) is 0 Å². The first kappa shape index (κ1) is 25.9. The first-order valence-electron chi connectivity index (χ1n) is 10.1. The Kier molecular flexibility index (Phi) is 10.3. The number of aryl methyl sites for hydroxylation is 1. The summed E-state index contributed by atoms with van der Waals surface area (Å²) in [6.45, 7) is 10.7. The Morgan fingerprint density at radius 1 is 1.40 bits per heavy atom. The fourth-order valence-electron chi connectivity index (χ4n) is 2.89. The number of nitrogens with one attached hydrogen (secondary N) is 1. The summed E-state index contributed by atoms with van der Waals surface area (Å²) in [5.74, 6) is -2.76. The lowest BCUT2D eigenvalue weighted by molar-refractivity contribution is 0.0122. The van der Waals surface area contributed by atoms with Gasteiger partial charge in [0, 0.05) is 24.6 Å². The van der Waals surface area contributed by atoms with Crippen molar-refractivity contribution in [3.05, 3.63) is 63.9 Å². The van der Waals surface area contributed by atoms with Gasteiger partial charge in [0.25, 0.3) is 11.8 Å². The Labute approximate surface area is 183 Å². The predicted octanol–water partition coefficient (Wildman–Crippen LogP) is 6.15. The van der Waals surface area contributed by atoms with E-state index in [0.717, 1.165) is 30.1 Å². The van der Waals surface area contributed by atoms with E-state index < -0.39 is 17.5 Å². The van der Waals surface area contributed by atoms with Crippen LogP contribution in [0.5, 0.6) is 0 Å². The van der Waals surface area contributed by atoms with Gasteiger partial charge in [-0.2, -0.15) is 13.9 Å².